The Hall–Kier alpha value is -2.41. The number of fused-ring (bicyclic) bond motifs is 1. The van der Waals surface area contributed by atoms with E-state index in [1.54, 1.807) is 17.6 Å². The molecule has 2 aromatic heterocycles. The van der Waals surface area contributed by atoms with Crippen LogP contribution in [-0.4, -0.2) is 26.7 Å². The van der Waals surface area contributed by atoms with Gasteiger partial charge in [0.2, 0.25) is 0 Å². The van der Waals surface area contributed by atoms with Crippen molar-refractivity contribution >= 4 is 32.9 Å². The van der Waals surface area contributed by atoms with Crippen LogP contribution >= 0.6 is 15.9 Å². The molecule has 0 saturated heterocycles. The summed E-state index contributed by atoms with van der Waals surface area (Å²) in [6, 6.07) is 9.25. The standard InChI is InChI=1S/C18H18BrN3O3/c1-4-25-16(23)10-21-14-7-5-6-11(2)17(14)22(18(21)24)15-9-8-13(19)12(3)20-15/h5-9H,4,10H2,1-3H3. The molecule has 3 rings (SSSR count). The molecule has 6 nitrogen and oxygen atoms in total. The summed E-state index contributed by atoms with van der Waals surface area (Å²) in [7, 11) is 0. The van der Waals surface area contributed by atoms with E-state index in [0.29, 0.717) is 11.3 Å². The van der Waals surface area contributed by atoms with Crippen LogP contribution in [-0.2, 0) is 16.1 Å². The minimum atomic E-state index is -0.440. The van der Waals surface area contributed by atoms with Crippen LogP contribution in [0.5, 0.6) is 0 Å². The van der Waals surface area contributed by atoms with Gasteiger partial charge in [-0.1, -0.05) is 12.1 Å². The van der Waals surface area contributed by atoms with Crippen molar-refractivity contribution in [2.45, 2.75) is 27.3 Å². The number of hydrogen-bond acceptors (Lipinski definition) is 4. The molecule has 0 unspecified atom stereocenters. The van der Waals surface area contributed by atoms with Crippen LogP contribution in [0.3, 0.4) is 0 Å². The van der Waals surface area contributed by atoms with Crippen LogP contribution in [0.1, 0.15) is 18.2 Å². The Morgan fingerprint density at radius 2 is 2.00 bits per heavy atom. The second-order valence-electron chi connectivity index (χ2n) is 5.69. The monoisotopic (exact) mass is 403 g/mol. The number of carbonyl (C=O) groups excluding carboxylic acids is 1. The lowest BCUT2D eigenvalue weighted by atomic mass is 10.2. The Bertz CT molecular complexity index is 1020. The molecule has 0 saturated carbocycles. The molecule has 3 aromatic rings. The first kappa shape index (κ1) is 17.4. The minimum absolute atomic E-state index is 0.130. The Labute approximate surface area is 153 Å². The van der Waals surface area contributed by atoms with E-state index < -0.39 is 5.97 Å². The van der Waals surface area contributed by atoms with Crippen molar-refractivity contribution in [1.82, 2.24) is 14.1 Å². The fourth-order valence-corrected chi connectivity index (χ4v) is 3.05. The first-order valence-electron chi connectivity index (χ1n) is 7.94. The number of carbonyl (C=O) groups is 1. The van der Waals surface area contributed by atoms with Gasteiger partial charge in [0.15, 0.2) is 0 Å². The van der Waals surface area contributed by atoms with Crippen molar-refractivity contribution < 1.29 is 9.53 Å². The molecule has 130 valence electrons. The van der Waals surface area contributed by atoms with E-state index in [2.05, 4.69) is 20.9 Å². The molecule has 0 bridgehead atoms. The quantitative estimate of drug-likeness (QED) is 0.627. The summed E-state index contributed by atoms with van der Waals surface area (Å²) in [5.74, 6) is 0.0812. The summed E-state index contributed by atoms with van der Waals surface area (Å²) in [6.07, 6.45) is 0. The predicted molar refractivity (Wildman–Crippen MR) is 99.1 cm³/mol. The van der Waals surface area contributed by atoms with Crippen molar-refractivity contribution in [2.24, 2.45) is 0 Å². The number of benzene rings is 1. The third-order valence-corrected chi connectivity index (χ3v) is 4.82. The van der Waals surface area contributed by atoms with Gasteiger partial charge >= 0.3 is 11.7 Å². The smallest absolute Gasteiger partial charge is 0.335 e. The molecule has 0 aliphatic carbocycles. The number of rotatable bonds is 4. The first-order chi connectivity index (χ1) is 11.9. The Kier molecular flexibility index (Phi) is 4.76. The zero-order valence-electron chi connectivity index (χ0n) is 14.2. The van der Waals surface area contributed by atoms with Gasteiger partial charge in [0, 0.05) is 4.47 Å². The van der Waals surface area contributed by atoms with E-state index in [1.807, 2.05) is 38.1 Å². The zero-order valence-corrected chi connectivity index (χ0v) is 15.8. The van der Waals surface area contributed by atoms with Gasteiger partial charge in [-0.05, 0) is 60.5 Å². The number of hydrogen-bond donors (Lipinski definition) is 0. The minimum Gasteiger partial charge on any atom is -0.465 e. The average Bonchev–Trinajstić information content (AvgIpc) is 2.84. The number of para-hydroxylation sites is 1. The third kappa shape index (κ3) is 3.11. The van der Waals surface area contributed by atoms with Gasteiger partial charge in [-0.3, -0.25) is 9.36 Å². The highest BCUT2D eigenvalue weighted by Gasteiger charge is 2.19. The fraction of sp³-hybridized carbons (Fsp3) is 0.278. The molecule has 0 radical (unpaired) electrons. The summed E-state index contributed by atoms with van der Waals surface area (Å²) in [4.78, 5) is 29.5. The Balaban J connectivity index is 2.28. The van der Waals surface area contributed by atoms with Crippen LogP contribution in [0, 0.1) is 13.8 Å². The van der Waals surface area contributed by atoms with Crippen LogP contribution in [0.2, 0.25) is 0 Å². The highest BCUT2D eigenvalue weighted by Crippen LogP contribution is 2.22. The fourth-order valence-electron chi connectivity index (χ4n) is 2.83. The number of aryl methyl sites for hydroxylation is 2. The van der Waals surface area contributed by atoms with Crippen LogP contribution < -0.4 is 5.69 Å². The predicted octanol–water partition coefficient (Wildman–Crippen LogP) is 3.13. The second-order valence-corrected chi connectivity index (χ2v) is 6.54. The Morgan fingerprint density at radius 1 is 1.24 bits per heavy atom. The topological polar surface area (TPSA) is 66.1 Å². The van der Waals surface area contributed by atoms with Crippen molar-refractivity contribution in [2.75, 3.05) is 6.61 Å². The molecule has 0 spiro atoms. The number of aromatic nitrogens is 3. The zero-order chi connectivity index (χ0) is 18.1. The maximum absolute atomic E-state index is 13.0. The summed E-state index contributed by atoms with van der Waals surface area (Å²) in [5, 5.41) is 0. The van der Waals surface area contributed by atoms with Crippen molar-refractivity contribution in [1.29, 1.82) is 0 Å². The number of halogens is 1. The molecule has 0 amide bonds. The Morgan fingerprint density at radius 3 is 2.68 bits per heavy atom. The van der Waals surface area contributed by atoms with Crippen molar-refractivity contribution in [3.63, 3.8) is 0 Å². The molecule has 0 aliphatic heterocycles. The number of imidazole rings is 1. The van der Waals surface area contributed by atoms with Gasteiger partial charge in [-0.25, -0.2) is 14.3 Å². The van der Waals surface area contributed by atoms with Gasteiger partial charge in [0.05, 0.1) is 23.3 Å². The van der Waals surface area contributed by atoms with E-state index >= 15 is 0 Å². The van der Waals surface area contributed by atoms with Gasteiger partial charge in [0.25, 0.3) is 0 Å². The molecular weight excluding hydrogens is 386 g/mol. The van der Waals surface area contributed by atoms with Crippen molar-refractivity contribution in [3.8, 4) is 5.82 Å². The van der Waals surface area contributed by atoms with E-state index in [9.17, 15) is 9.59 Å². The summed E-state index contributed by atoms with van der Waals surface area (Å²) in [5.41, 5.74) is 2.82. The normalized spacial score (nSPS) is 11.0. The van der Waals surface area contributed by atoms with Gasteiger partial charge in [0.1, 0.15) is 12.4 Å². The van der Waals surface area contributed by atoms with Crippen molar-refractivity contribution in [3.05, 3.63) is 56.5 Å². The third-order valence-electron chi connectivity index (χ3n) is 3.98. The molecule has 0 aliphatic rings. The molecule has 25 heavy (non-hydrogen) atoms. The lowest BCUT2D eigenvalue weighted by Crippen LogP contribution is -2.27. The molecule has 0 atom stereocenters. The largest absolute Gasteiger partial charge is 0.465 e. The summed E-state index contributed by atoms with van der Waals surface area (Å²) in [6.45, 7) is 5.68. The number of ether oxygens (including phenoxy) is 1. The number of nitrogens with zero attached hydrogens (tertiary/aromatic N) is 3. The highest BCUT2D eigenvalue weighted by atomic mass is 79.9. The highest BCUT2D eigenvalue weighted by molar-refractivity contribution is 9.10. The molecule has 1 aromatic carbocycles. The summed E-state index contributed by atoms with van der Waals surface area (Å²) >= 11 is 3.42. The SMILES string of the molecule is CCOC(=O)Cn1c(=O)n(-c2ccc(Br)c(C)n2)c2c(C)cccc21. The maximum Gasteiger partial charge on any atom is 0.335 e. The van der Waals surface area contributed by atoms with Crippen LogP contribution in [0.15, 0.2) is 39.6 Å². The second kappa shape index (κ2) is 6.84. The number of esters is 1. The maximum atomic E-state index is 13.0. The van der Waals surface area contributed by atoms with Gasteiger partial charge < -0.3 is 4.74 Å². The van der Waals surface area contributed by atoms with E-state index in [1.165, 1.54) is 4.57 Å². The van der Waals surface area contributed by atoms with Crippen LogP contribution in [0.25, 0.3) is 16.9 Å². The number of pyridine rings is 1. The summed E-state index contributed by atoms with van der Waals surface area (Å²) < 4.78 is 8.85. The lowest BCUT2D eigenvalue weighted by Gasteiger charge is -2.06. The van der Waals surface area contributed by atoms with E-state index in [0.717, 1.165) is 21.2 Å². The van der Waals surface area contributed by atoms with Gasteiger partial charge in [-0.15, -0.1) is 0 Å². The molecule has 0 fully saturated rings. The van der Waals surface area contributed by atoms with Gasteiger partial charge in [-0.2, -0.15) is 0 Å². The first-order valence-corrected chi connectivity index (χ1v) is 8.73. The average molecular weight is 404 g/mol. The molecule has 0 N–H and O–H groups in total. The molecule has 7 heteroatoms. The van der Waals surface area contributed by atoms with E-state index in [4.69, 9.17) is 4.74 Å². The van der Waals surface area contributed by atoms with Crippen LogP contribution in [0.4, 0.5) is 0 Å². The lowest BCUT2D eigenvalue weighted by molar-refractivity contribution is -0.143. The molecule has 2 heterocycles. The van der Waals surface area contributed by atoms with E-state index in [-0.39, 0.29) is 18.8 Å². The molecular formula is C18H18BrN3O3.